The number of anilines is 1. The van der Waals surface area contributed by atoms with Crippen LogP contribution in [0.15, 0.2) is 47.4 Å². The lowest BCUT2D eigenvalue weighted by Gasteiger charge is -2.31. The highest BCUT2D eigenvalue weighted by Crippen LogP contribution is 2.47. The zero-order chi connectivity index (χ0) is 34.3. The number of benzene rings is 1. The summed E-state index contributed by atoms with van der Waals surface area (Å²) >= 11 is 0.916. The van der Waals surface area contributed by atoms with Crippen LogP contribution < -0.4 is 22.2 Å². The maximum Gasteiger partial charge on any atom is 0.405 e. The minimum Gasteiger partial charge on any atom is -0.455 e. The van der Waals surface area contributed by atoms with Gasteiger partial charge in [0.25, 0.3) is 0 Å². The highest BCUT2D eigenvalue weighted by atomic mass is 32.2. The molecule has 0 radical (unpaired) electrons. The first-order valence-corrected chi connectivity index (χ1v) is 17.2. The molecule has 0 aliphatic carbocycles. The molecule has 1 fully saturated rings. The monoisotopic (exact) mass is 701 g/mol. The van der Waals surface area contributed by atoms with Crippen LogP contribution in [0.25, 0.3) is 0 Å². The highest BCUT2D eigenvalue weighted by Gasteiger charge is 2.57. The van der Waals surface area contributed by atoms with E-state index < -0.39 is 61.5 Å². The van der Waals surface area contributed by atoms with Gasteiger partial charge >= 0.3 is 19.4 Å². The molecule has 7 N–H and O–H groups in total. The lowest BCUT2D eigenvalue weighted by Crippen LogP contribution is -2.51. The van der Waals surface area contributed by atoms with Crippen molar-refractivity contribution in [3.05, 3.63) is 58.6 Å². The Morgan fingerprint density at radius 1 is 1.23 bits per heavy atom. The van der Waals surface area contributed by atoms with Crippen LogP contribution in [0.5, 0.6) is 0 Å². The zero-order valence-corrected chi connectivity index (χ0v) is 28.2. The minimum atomic E-state index is -4.14. The van der Waals surface area contributed by atoms with E-state index in [9.17, 15) is 29.2 Å². The van der Waals surface area contributed by atoms with E-state index in [1.54, 1.807) is 52.0 Å². The second-order valence-electron chi connectivity index (χ2n) is 12.0. The van der Waals surface area contributed by atoms with Crippen molar-refractivity contribution in [2.75, 3.05) is 31.3 Å². The average Bonchev–Trinajstić information content (AvgIpc) is 3.25. The second kappa shape index (κ2) is 17.1. The maximum atomic E-state index is 14.0. The molecule has 15 nitrogen and oxygen atoms in total. The van der Waals surface area contributed by atoms with Crippen molar-refractivity contribution in [2.45, 2.75) is 78.7 Å². The Bertz CT molecular complexity index is 1440. The fourth-order valence-corrected chi connectivity index (χ4v) is 6.52. The van der Waals surface area contributed by atoms with Gasteiger partial charge in [0.1, 0.15) is 23.6 Å². The van der Waals surface area contributed by atoms with Crippen LogP contribution in [0.3, 0.4) is 0 Å². The average molecular weight is 702 g/mol. The Kier molecular flexibility index (Phi) is 14.8. The van der Waals surface area contributed by atoms with E-state index in [0.717, 1.165) is 21.9 Å². The van der Waals surface area contributed by atoms with Gasteiger partial charge in [-0.1, -0.05) is 63.4 Å². The van der Waals surface area contributed by atoms with Crippen LogP contribution >= 0.6 is 19.5 Å². The van der Waals surface area contributed by atoms with Gasteiger partial charge in [-0.15, -0.1) is 0 Å². The standard InChI is InChI=1S/C29H44N5O10PS.CH4/c1-18(2)22(31)24(36)44-23-20(43-25(29(23,5)39)34-12-11-21(30)33-27(34)38)16-42-45(40,32-15-19-9-7-6-8-10-19)41-13-14-46-26(37)28(3,4)17-35;/h6-12,18,20,22-23,25,35,39H,13-17,31H2,1-5H3,(H,32,40)(H2,30,33,38);1H4/t20-,22?,23-,25-,29-,45?;/m1./s1. The molecule has 2 unspecified atom stereocenters. The van der Waals surface area contributed by atoms with Crippen molar-refractivity contribution in [1.82, 2.24) is 14.6 Å². The van der Waals surface area contributed by atoms with E-state index in [1.165, 1.54) is 19.2 Å². The lowest BCUT2D eigenvalue weighted by atomic mass is 9.95. The summed E-state index contributed by atoms with van der Waals surface area (Å²) in [4.78, 5) is 41.7. The third kappa shape index (κ3) is 10.7. The van der Waals surface area contributed by atoms with Crippen molar-refractivity contribution >= 4 is 36.4 Å². The largest absolute Gasteiger partial charge is 0.455 e. The molecule has 0 amide bonds. The molecule has 1 aliphatic rings. The van der Waals surface area contributed by atoms with Crippen molar-refractivity contribution < 1.29 is 42.9 Å². The first-order chi connectivity index (χ1) is 21.5. The maximum absolute atomic E-state index is 14.0. The van der Waals surface area contributed by atoms with E-state index in [2.05, 4.69) is 10.1 Å². The van der Waals surface area contributed by atoms with E-state index in [4.69, 9.17) is 30.0 Å². The van der Waals surface area contributed by atoms with E-state index in [1.807, 2.05) is 6.07 Å². The van der Waals surface area contributed by atoms with Gasteiger partial charge in [0.2, 0.25) is 0 Å². The lowest BCUT2D eigenvalue weighted by molar-refractivity contribution is -0.166. The Hall–Kier alpha value is -2.66. The van der Waals surface area contributed by atoms with Gasteiger partial charge in [-0.05, 0) is 38.3 Å². The van der Waals surface area contributed by atoms with Crippen LogP contribution in [0.2, 0.25) is 0 Å². The molecule has 1 aromatic carbocycles. The molecule has 6 atom stereocenters. The summed E-state index contributed by atoms with van der Waals surface area (Å²) in [5.41, 5.74) is 8.59. The molecule has 1 aromatic heterocycles. The number of esters is 1. The number of hydrogen-bond donors (Lipinski definition) is 5. The molecule has 17 heteroatoms. The summed E-state index contributed by atoms with van der Waals surface area (Å²) in [5, 5.41) is 23.6. The third-order valence-electron chi connectivity index (χ3n) is 7.31. The highest BCUT2D eigenvalue weighted by molar-refractivity contribution is 8.13. The zero-order valence-electron chi connectivity index (χ0n) is 26.5. The molecule has 2 aromatic rings. The Balaban J connectivity index is 0.00000768. The minimum absolute atomic E-state index is 0. The number of nitrogens with two attached hydrogens (primary N) is 2. The summed E-state index contributed by atoms with van der Waals surface area (Å²) < 4.78 is 38.0. The molecule has 1 saturated heterocycles. The van der Waals surface area contributed by atoms with Gasteiger partial charge in [0, 0.05) is 18.5 Å². The first kappa shape index (κ1) is 40.5. The fraction of sp³-hybridized carbons (Fsp3) is 0.600. The summed E-state index contributed by atoms with van der Waals surface area (Å²) in [6, 6.07) is 9.34. The quantitative estimate of drug-likeness (QED) is 0.0960. The van der Waals surface area contributed by atoms with E-state index in [-0.39, 0.29) is 49.8 Å². The predicted octanol–water partition coefficient (Wildman–Crippen LogP) is 2.21. The number of ether oxygens (including phenoxy) is 2. The molecule has 0 spiro atoms. The molecular weight excluding hydrogens is 653 g/mol. The molecule has 3 rings (SSSR count). The summed E-state index contributed by atoms with van der Waals surface area (Å²) in [6.07, 6.45) is -2.83. The Labute approximate surface area is 279 Å². The van der Waals surface area contributed by atoms with E-state index in [0.29, 0.717) is 0 Å². The van der Waals surface area contributed by atoms with E-state index >= 15 is 0 Å². The number of aromatic nitrogens is 2. The van der Waals surface area contributed by atoms with Gasteiger partial charge in [0.15, 0.2) is 17.4 Å². The number of nitrogens with zero attached hydrogens (tertiary/aromatic N) is 2. The molecular formula is C30H48N5O10PS. The second-order valence-corrected chi connectivity index (χ2v) is 14.9. The number of nitrogens with one attached hydrogen (secondary N) is 1. The number of aliphatic hydroxyl groups is 2. The molecule has 1 aliphatic heterocycles. The summed E-state index contributed by atoms with van der Waals surface area (Å²) in [5.74, 6) is -1.06. The van der Waals surface area contributed by atoms with Gasteiger partial charge in [-0.3, -0.25) is 23.2 Å². The Morgan fingerprint density at radius 2 is 1.89 bits per heavy atom. The number of rotatable bonds is 16. The number of carbonyl (C=O) groups excluding carboxylic acids is 2. The Morgan fingerprint density at radius 3 is 2.49 bits per heavy atom. The van der Waals surface area contributed by atoms with Crippen molar-refractivity contribution in [3.8, 4) is 0 Å². The van der Waals surface area contributed by atoms with Crippen LogP contribution in [0, 0.1) is 11.3 Å². The molecule has 0 bridgehead atoms. The molecule has 2 heterocycles. The SMILES string of the molecule is C.CC(C)C(N)C(=O)O[C@@H]1[C@@H](COP(=O)(NCc2ccccc2)OCCSC(=O)C(C)(C)CO)O[C@@H](n2ccc(N)nc2=O)[C@]1(C)O. The van der Waals surface area contributed by atoms with Crippen molar-refractivity contribution in [2.24, 2.45) is 17.1 Å². The predicted molar refractivity (Wildman–Crippen MR) is 178 cm³/mol. The van der Waals surface area contributed by atoms with Crippen molar-refractivity contribution in [3.63, 3.8) is 0 Å². The topological polar surface area (TPSA) is 228 Å². The number of carbonyl (C=O) groups is 2. The smallest absolute Gasteiger partial charge is 0.405 e. The fourth-order valence-electron chi connectivity index (χ4n) is 4.28. The van der Waals surface area contributed by atoms with Crippen molar-refractivity contribution in [1.29, 1.82) is 0 Å². The molecule has 47 heavy (non-hydrogen) atoms. The summed E-state index contributed by atoms with van der Waals surface area (Å²) in [6.45, 7) is 7.02. The normalized spacial score (nSPS) is 23.1. The van der Waals surface area contributed by atoms with Gasteiger partial charge in [-0.25, -0.2) is 14.4 Å². The van der Waals surface area contributed by atoms with Gasteiger partial charge in [-0.2, -0.15) is 4.98 Å². The number of hydrogen-bond acceptors (Lipinski definition) is 14. The van der Waals surface area contributed by atoms with Crippen LogP contribution in [0.4, 0.5) is 5.82 Å². The molecule has 0 saturated carbocycles. The van der Waals surface area contributed by atoms with Crippen LogP contribution in [-0.2, 0) is 39.2 Å². The van der Waals surface area contributed by atoms with Gasteiger partial charge < -0.3 is 31.2 Å². The summed E-state index contributed by atoms with van der Waals surface area (Å²) in [7, 11) is -4.14. The number of nitrogen functional groups attached to an aromatic ring is 1. The first-order valence-electron chi connectivity index (χ1n) is 14.7. The third-order valence-corrected chi connectivity index (χ3v) is 10.1. The van der Waals surface area contributed by atoms with Gasteiger partial charge in [0.05, 0.1) is 25.2 Å². The van der Waals surface area contributed by atoms with Crippen LogP contribution in [-0.4, -0.2) is 80.3 Å². The van der Waals surface area contributed by atoms with Crippen LogP contribution in [0.1, 0.15) is 53.8 Å². The molecule has 264 valence electrons. The number of thioether (sulfide) groups is 1. The number of aliphatic hydroxyl groups excluding tert-OH is 1.